The van der Waals surface area contributed by atoms with Crippen LogP contribution in [-0.2, 0) is 6.54 Å². The number of aromatic carboxylic acids is 1. The van der Waals surface area contributed by atoms with Crippen LogP contribution in [0.1, 0.15) is 27.3 Å². The topological polar surface area (TPSA) is 64.4 Å². The number of ether oxygens (including phenoxy) is 1. The largest absolute Gasteiger partial charge is 0.496 e. The summed E-state index contributed by atoms with van der Waals surface area (Å²) in [4.78, 5) is 11.2. The first kappa shape index (κ1) is 13.1. The minimum Gasteiger partial charge on any atom is -0.496 e. The summed E-state index contributed by atoms with van der Waals surface area (Å²) in [5.41, 5.74) is 2.87. The Balaban J connectivity index is 2.41. The summed E-state index contributed by atoms with van der Waals surface area (Å²) in [7, 11) is 1.60. The van der Waals surface area contributed by atoms with Gasteiger partial charge in [-0.15, -0.1) is 0 Å². The molecule has 0 amide bonds. The van der Waals surface area contributed by atoms with Crippen LogP contribution in [0.4, 0.5) is 0 Å². The highest BCUT2D eigenvalue weighted by molar-refractivity contribution is 5.85. The van der Waals surface area contributed by atoms with Gasteiger partial charge in [0.25, 0.3) is 0 Å². The normalized spacial score (nSPS) is 10.5. The molecule has 2 rings (SSSR count). The van der Waals surface area contributed by atoms with Crippen LogP contribution in [0.2, 0.25) is 0 Å². The molecule has 0 unspecified atom stereocenters. The van der Waals surface area contributed by atoms with Gasteiger partial charge in [-0.05, 0) is 26.0 Å². The molecule has 0 spiro atoms. The molecule has 0 radical (unpaired) electrons. The summed E-state index contributed by atoms with van der Waals surface area (Å²) in [6.07, 6.45) is 0. The quantitative estimate of drug-likeness (QED) is 0.915. The molecular formula is C14H16N2O3. The van der Waals surface area contributed by atoms with Gasteiger partial charge in [0.2, 0.25) is 0 Å². The van der Waals surface area contributed by atoms with Crippen molar-refractivity contribution in [1.29, 1.82) is 0 Å². The summed E-state index contributed by atoms with van der Waals surface area (Å²) in [6, 6.07) is 7.36. The van der Waals surface area contributed by atoms with Gasteiger partial charge in [-0.3, -0.25) is 4.68 Å². The molecule has 0 aliphatic heterocycles. The first-order valence-corrected chi connectivity index (χ1v) is 5.92. The molecule has 0 fully saturated rings. The third-order valence-corrected chi connectivity index (χ3v) is 2.88. The van der Waals surface area contributed by atoms with Crippen LogP contribution in [0.25, 0.3) is 0 Å². The molecule has 1 aromatic carbocycles. The predicted molar refractivity (Wildman–Crippen MR) is 70.8 cm³/mol. The van der Waals surface area contributed by atoms with E-state index in [4.69, 9.17) is 9.84 Å². The maximum atomic E-state index is 11.2. The number of benzene rings is 1. The lowest BCUT2D eigenvalue weighted by Gasteiger charge is -2.10. The molecule has 100 valence electrons. The van der Waals surface area contributed by atoms with Crippen LogP contribution in [0.15, 0.2) is 24.3 Å². The molecule has 5 nitrogen and oxygen atoms in total. The summed E-state index contributed by atoms with van der Waals surface area (Å²) < 4.78 is 6.77. The summed E-state index contributed by atoms with van der Waals surface area (Å²) in [6.45, 7) is 4.13. The second-order valence-corrected chi connectivity index (χ2v) is 4.45. The molecule has 1 aromatic heterocycles. The van der Waals surface area contributed by atoms with E-state index in [2.05, 4.69) is 5.10 Å². The van der Waals surface area contributed by atoms with Gasteiger partial charge in [0, 0.05) is 5.56 Å². The fourth-order valence-electron chi connectivity index (χ4n) is 2.03. The van der Waals surface area contributed by atoms with E-state index in [9.17, 15) is 4.79 Å². The number of hydrogen-bond acceptors (Lipinski definition) is 3. The fraction of sp³-hybridized carbons (Fsp3) is 0.286. The standard InChI is InChI=1S/C14H16N2O3/c1-9-4-5-13(19-3)11(6-9)8-16-12(14(17)18)7-10(2)15-16/h4-7H,8H2,1-3H3,(H,17,18). The average molecular weight is 260 g/mol. The Kier molecular flexibility index (Phi) is 3.55. The predicted octanol–water partition coefficient (Wildman–Crippen LogP) is 2.26. The Bertz CT molecular complexity index is 617. The van der Waals surface area contributed by atoms with E-state index in [-0.39, 0.29) is 5.69 Å². The molecule has 0 atom stereocenters. The first-order valence-electron chi connectivity index (χ1n) is 5.92. The first-order chi connectivity index (χ1) is 9.01. The molecule has 19 heavy (non-hydrogen) atoms. The molecule has 0 bridgehead atoms. The highest BCUT2D eigenvalue weighted by atomic mass is 16.5. The number of carbonyl (C=O) groups is 1. The van der Waals surface area contributed by atoms with Crippen molar-refractivity contribution in [3.05, 3.63) is 46.8 Å². The van der Waals surface area contributed by atoms with Gasteiger partial charge in [0.1, 0.15) is 11.4 Å². The van der Waals surface area contributed by atoms with Gasteiger partial charge in [0.05, 0.1) is 19.3 Å². The Hall–Kier alpha value is -2.30. The van der Waals surface area contributed by atoms with Crippen molar-refractivity contribution < 1.29 is 14.6 Å². The zero-order valence-corrected chi connectivity index (χ0v) is 11.2. The molecule has 0 saturated carbocycles. The minimum atomic E-state index is -0.979. The summed E-state index contributed by atoms with van der Waals surface area (Å²) >= 11 is 0. The highest BCUT2D eigenvalue weighted by Gasteiger charge is 2.14. The van der Waals surface area contributed by atoms with Crippen LogP contribution in [0, 0.1) is 13.8 Å². The lowest BCUT2D eigenvalue weighted by atomic mass is 10.1. The molecule has 1 N–H and O–H groups in total. The van der Waals surface area contributed by atoms with E-state index < -0.39 is 5.97 Å². The third-order valence-electron chi connectivity index (χ3n) is 2.88. The Labute approximate surface area is 111 Å². The van der Waals surface area contributed by atoms with Gasteiger partial charge < -0.3 is 9.84 Å². The minimum absolute atomic E-state index is 0.182. The molecule has 0 aliphatic carbocycles. The maximum Gasteiger partial charge on any atom is 0.354 e. The van der Waals surface area contributed by atoms with Crippen LogP contribution in [-0.4, -0.2) is 28.0 Å². The molecule has 0 saturated heterocycles. The van der Waals surface area contributed by atoms with Crippen molar-refractivity contribution in [3.8, 4) is 5.75 Å². The SMILES string of the molecule is COc1ccc(C)cc1Cn1nc(C)cc1C(=O)O. The number of aromatic nitrogens is 2. The number of carboxylic acid groups (broad SMARTS) is 1. The van der Waals surface area contributed by atoms with E-state index in [1.807, 2.05) is 25.1 Å². The highest BCUT2D eigenvalue weighted by Crippen LogP contribution is 2.21. The second-order valence-electron chi connectivity index (χ2n) is 4.45. The second kappa shape index (κ2) is 5.14. The fourth-order valence-corrected chi connectivity index (χ4v) is 2.03. The molecule has 5 heteroatoms. The van der Waals surface area contributed by atoms with Crippen LogP contribution < -0.4 is 4.74 Å². The monoisotopic (exact) mass is 260 g/mol. The summed E-state index contributed by atoms with van der Waals surface area (Å²) in [5.74, 6) is -0.248. The molecular weight excluding hydrogens is 244 g/mol. The van der Waals surface area contributed by atoms with E-state index in [1.165, 1.54) is 4.68 Å². The third kappa shape index (κ3) is 2.76. The van der Waals surface area contributed by atoms with E-state index in [0.717, 1.165) is 16.9 Å². The van der Waals surface area contributed by atoms with E-state index in [0.29, 0.717) is 12.2 Å². The van der Waals surface area contributed by atoms with Gasteiger partial charge >= 0.3 is 5.97 Å². The molecule has 2 aromatic rings. The zero-order valence-electron chi connectivity index (χ0n) is 11.2. The van der Waals surface area contributed by atoms with Crippen molar-refractivity contribution in [2.75, 3.05) is 7.11 Å². The summed E-state index contributed by atoms with van der Waals surface area (Å²) in [5, 5.41) is 13.4. The Morgan fingerprint density at radius 3 is 2.74 bits per heavy atom. The van der Waals surface area contributed by atoms with Crippen molar-refractivity contribution in [2.24, 2.45) is 0 Å². The average Bonchev–Trinajstić information content (AvgIpc) is 2.71. The van der Waals surface area contributed by atoms with Gasteiger partial charge in [0.15, 0.2) is 0 Å². The lowest BCUT2D eigenvalue weighted by Crippen LogP contribution is -2.11. The molecule has 1 heterocycles. The van der Waals surface area contributed by atoms with Crippen molar-refractivity contribution in [3.63, 3.8) is 0 Å². The molecule has 0 aliphatic rings. The number of hydrogen-bond donors (Lipinski definition) is 1. The zero-order chi connectivity index (χ0) is 14.0. The van der Waals surface area contributed by atoms with E-state index >= 15 is 0 Å². The van der Waals surface area contributed by atoms with Crippen LogP contribution in [0.5, 0.6) is 5.75 Å². The van der Waals surface area contributed by atoms with Gasteiger partial charge in [-0.25, -0.2) is 4.79 Å². The smallest absolute Gasteiger partial charge is 0.354 e. The van der Waals surface area contributed by atoms with Crippen molar-refractivity contribution >= 4 is 5.97 Å². The van der Waals surface area contributed by atoms with Crippen LogP contribution >= 0.6 is 0 Å². The Morgan fingerprint density at radius 1 is 1.37 bits per heavy atom. The van der Waals surface area contributed by atoms with Gasteiger partial charge in [-0.1, -0.05) is 17.7 Å². The maximum absolute atomic E-state index is 11.2. The van der Waals surface area contributed by atoms with Crippen molar-refractivity contribution in [1.82, 2.24) is 9.78 Å². The number of aryl methyl sites for hydroxylation is 2. The van der Waals surface area contributed by atoms with Crippen LogP contribution in [0.3, 0.4) is 0 Å². The number of carboxylic acids is 1. The number of nitrogens with zero attached hydrogens (tertiary/aromatic N) is 2. The Morgan fingerprint density at radius 2 is 2.11 bits per heavy atom. The van der Waals surface area contributed by atoms with Crippen molar-refractivity contribution in [2.45, 2.75) is 20.4 Å². The van der Waals surface area contributed by atoms with E-state index in [1.54, 1.807) is 20.1 Å². The number of rotatable bonds is 4. The lowest BCUT2D eigenvalue weighted by molar-refractivity contribution is 0.0684. The number of methoxy groups -OCH3 is 1. The van der Waals surface area contributed by atoms with Gasteiger partial charge in [-0.2, -0.15) is 5.10 Å².